The SMILES string of the molecule is CC(N)C(NC(=O)OCc1ccccc1)C(=O)OC(C)(C)C. The number of alkyl carbamates (subject to hydrolysis) is 1. The van der Waals surface area contributed by atoms with Crippen LogP contribution in [0.15, 0.2) is 30.3 Å². The van der Waals surface area contributed by atoms with Crippen LogP contribution in [-0.2, 0) is 20.9 Å². The van der Waals surface area contributed by atoms with Gasteiger partial charge in [0.15, 0.2) is 0 Å². The van der Waals surface area contributed by atoms with Crippen molar-refractivity contribution in [3.8, 4) is 0 Å². The van der Waals surface area contributed by atoms with Crippen LogP contribution in [0, 0.1) is 0 Å². The van der Waals surface area contributed by atoms with Gasteiger partial charge in [0.25, 0.3) is 0 Å². The Kier molecular flexibility index (Phi) is 6.37. The van der Waals surface area contributed by atoms with E-state index in [1.165, 1.54) is 0 Å². The fourth-order valence-corrected chi connectivity index (χ4v) is 1.66. The predicted molar refractivity (Wildman–Crippen MR) is 83.0 cm³/mol. The predicted octanol–water partition coefficient (Wildman–Crippen LogP) is 1.97. The first-order chi connectivity index (χ1) is 10.2. The van der Waals surface area contributed by atoms with Gasteiger partial charge >= 0.3 is 12.1 Å². The number of hydrogen-bond acceptors (Lipinski definition) is 5. The molecular weight excluding hydrogens is 284 g/mol. The fraction of sp³-hybridized carbons (Fsp3) is 0.500. The number of rotatable bonds is 5. The van der Waals surface area contributed by atoms with Gasteiger partial charge in [0.05, 0.1) is 0 Å². The summed E-state index contributed by atoms with van der Waals surface area (Å²) >= 11 is 0. The van der Waals surface area contributed by atoms with Crippen molar-refractivity contribution in [3.05, 3.63) is 35.9 Å². The molecule has 0 spiro atoms. The summed E-state index contributed by atoms with van der Waals surface area (Å²) in [6.07, 6.45) is -0.711. The standard InChI is InChI=1S/C16H24N2O4/c1-11(17)13(14(19)22-16(2,3)4)18-15(20)21-10-12-8-6-5-7-9-12/h5-9,11,13H,10,17H2,1-4H3,(H,18,20). The number of esters is 1. The van der Waals surface area contributed by atoms with Crippen molar-refractivity contribution in [3.63, 3.8) is 0 Å². The van der Waals surface area contributed by atoms with E-state index >= 15 is 0 Å². The quantitative estimate of drug-likeness (QED) is 0.812. The zero-order valence-corrected chi connectivity index (χ0v) is 13.5. The van der Waals surface area contributed by atoms with Crippen LogP contribution < -0.4 is 11.1 Å². The third-order valence-electron chi connectivity index (χ3n) is 2.67. The first kappa shape index (κ1) is 18.0. The first-order valence-electron chi connectivity index (χ1n) is 7.14. The summed E-state index contributed by atoms with van der Waals surface area (Å²) in [5.41, 5.74) is 5.94. The van der Waals surface area contributed by atoms with Gasteiger partial charge in [-0.15, -0.1) is 0 Å². The van der Waals surface area contributed by atoms with Crippen LogP contribution >= 0.6 is 0 Å². The molecule has 0 aromatic heterocycles. The van der Waals surface area contributed by atoms with E-state index in [0.29, 0.717) is 0 Å². The van der Waals surface area contributed by atoms with E-state index in [2.05, 4.69) is 5.32 Å². The van der Waals surface area contributed by atoms with Crippen LogP contribution in [0.4, 0.5) is 4.79 Å². The van der Waals surface area contributed by atoms with Gasteiger partial charge in [0, 0.05) is 6.04 Å². The Bertz CT molecular complexity index is 495. The third kappa shape index (κ3) is 6.58. The molecule has 0 saturated carbocycles. The summed E-state index contributed by atoms with van der Waals surface area (Å²) in [6.45, 7) is 6.98. The average molecular weight is 308 g/mol. The van der Waals surface area contributed by atoms with Gasteiger partial charge in [-0.2, -0.15) is 0 Å². The molecule has 22 heavy (non-hydrogen) atoms. The smallest absolute Gasteiger partial charge is 0.408 e. The Balaban J connectivity index is 2.55. The molecule has 0 aliphatic carbocycles. The van der Waals surface area contributed by atoms with Crippen LogP contribution in [0.25, 0.3) is 0 Å². The minimum Gasteiger partial charge on any atom is -0.458 e. The molecule has 0 heterocycles. The van der Waals surface area contributed by atoms with E-state index in [1.807, 2.05) is 30.3 Å². The van der Waals surface area contributed by atoms with E-state index in [1.54, 1.807) is 27.7 Å². The van der Waals surface area contributed by atoms with Crippen molar-refractivity contribution in [1.29, 1.82) is 0 Å². The minimum absolute atomic E-state index is 0.118. The number of benzene rings is 1. The highest BCUT2D eigenvalue weighted by Crippen LogP contribution is 2.10. The van der Waals surface area contributed by atoms with Crippen molar-refractivity contribution in [2.75, 3.05) is 0 Å². The van der Waals surface area contributed by atoms with Gasteiger partial charge < -0.3 is 20.5 Å². The lowest BCUT2D eigenvalue weighted by atomic mass is 10.1. The second kappa shape index (κ2) is 7.79. The molecule has 2 unspecified atom stereocenters. The first-order valence-corrected chi connectivity index (χ1v) is 7.14. The lowest BCUT2D eigenvalue weighted by Crippen LogP contribution is -2.53. The Morgan fingerprint density at radius 1 is 1.23 bits per heavy atom. The molecule has 6 heteroatoms. The fourth-order valence-electron chi connectivity index (χ4n) is 1.66. The molecule has 1 aromatic carbocycles. The largest absolute Gasteiger partial charge is 0.458 e. The highest BCUT2D eigenvalue weighted by atomic mass is 16.6. The summed E-state index contributed by atoms with van der Waals surface area (Å²) < 4.78 is 10.3. The van der Waals surface area contributed by atoms with E-state index < -0.39 is 29.7 Å². The van der Waals surface area contributed by atoms with Gasteiger partial charge in [0.1, 0.15) is 18.2 Å². The highest BCUT2D eigenvalue weighted by molar-refractivity contribution is 5.82. The minimum atomic E-state index is -0.956. The van der Waals surface area contributed by atoms with Crippen molar-refractivity contribution in [2.45, 2.75) is 52.0 Å². The molecule has 0 radical (unpaired) electrons. The lowest BCUT2D eigenvalue weighted by molar-refractivity contribution is -0.157. The maximum Gasteiger partial charge on any atom is 0.408 e. The lowest BCUT2D eigenvalue weighted by Gasteiger charge is -2.26. The van der Waals surface area contributed by atoms with Gasteiger partial charge in [-0.05, 0) is 33.3 Å². The van der Waals surface area contributed by atoms with Gasteiger partial charge in [0.2, 0.25) is 0 Å². The molecule has 0 aliphatic rings. The normalized spacial score (nSPS) is 13.9. The average Bonchev–Trinajstić information content (AvgIpc) is 2.41. The van der Waals surface area contributed by atoms with E-state index in [-0.39, 0.29) is 6.61 Å². The summed E-state index contributed by atoms with van der Waals surface area (Å²) in [7, 11) is 0. The third-order valence-corrected chi connectivity index (χ3v) is 2.67. The Hall–Kier alpha value is -2.08. The van der Waals surface area contributed by atoms with E-state index in [4.69, 9.17) is 15.2 Å². The molecule has 1 amide bonds. The van der Waals surface area contributed by atoms with Crippen molar-refractivity contribution in [2.24, 2.45) is 5.73 Å². The number of ether oxygens (including phenoxy) is 2. The molecule has 122 valence electrons. The van der Waals surface area contributed by atoms with Gasteiger partial charge in [-0.1, -0.05) is 30.3 Å². The molecule has 6 nitrogen and oxygen atoms in total. The van der Waals surface area contributed by atoms with Crippen molar-refractivity contribution >= 4 is 12.1 Å². The zero-order valence-electron chi connectivity index (χ0n) is 13.5. The molecule has 1 rings (SSSR count). The summed E-state index contributed by atoms with van der Waals surface area (Å²) in [5, 5.41) is 2.45. The van der Waals surface area contributed by atoms with Crippen LogP contribution in [-0.4, -0.2) is 29.7 Å². The Labute approximate surface area is 131 Å². The molecule has 2 atom stereocenters. The number of carbonyl (C=O) groups excluding carboxylic acids is 2. The highest BCUT2D eigenvalue weighted by Gasteiger charge is 2.30. The van der Waals surface area contributed by atoms with Gasteiger partial charge in [-0.25, -0.2) is 9.59 Å². The topological polar surface area (TPSA) is 90.6 Å². The molecule has 1 aromatic rings. The van der Waals surface area contributed by atoms with Crippen LogP contribution in [0.2, 0.25) is 0 Å². The molecule has 0 fully saturated rings. The van der Waals surface area contributed by atoms with Crippen LogP contribution in [0.1, 0.15) is 33.3 Å². The maximum absolute atomic E-state index is 12.0. The summed E-state index contributed by atoms with van der Waals surface area (Å²) in [4.78, 5) is 23.8. The number of hydrogen-bond donors (Lipinski definition) is 2. The maximum atomic E-state index is 12.0. The number of nitrogens with one attached hydrogen (secondary N) is 1. The zero-order chi connectivity index (χ0) is 16.8. The monoisotopic (exact) mass is 308 g/mol. The van der Waals surface area contributed by atoms with Crippen molar-refractivity contribution in [1.82, 2.24) is 5.32 Å². The number of amides is 1. The molecule has 0 bridgehead atoms. The Morgan fingerprint density at radius 3 is 2.32 bits per heavy atom. The second-order valence-electron chi connectivity index (χ2n) is 6.08. The van der Waals surface area contributed by atoms with E-state index in [9.17, 15) is 9.59 Å². The summed E-state index contributed by atoms with van der Waals surface area (Å²) in [5.74, 6) is -0.584. The van der Waals surface area contributed by atoms with Crippen LogP contribution in [0.5, 0.6) is 0 Å². The molecule has 3 N–H and O–H groups in total. The van der Waals surface area contributed by atoms with E-state index in [0.717, 1.165) is 5.56 Å². The van der Waals surface area contributed by atoms with Gasteiger partial charge in [-0.3, -0.25) is 0 Å². The number of nitrogens with two attached hydrogens (primary N) is 1. The Morgan fingerprint density at radius 2 is 1.82 bits per heavy atom. The second-order valence-corrected chi connectivity index (χ2v) is 6.08. The molecular formula is C16H24N2O4. The molecule has 0 saturated heterocycles. The van der Waals surface area contributed by atoms with Crippen molar-refractivity contribution < 1.29 is 19.1 Å². The summed E-state index contributed by atoms with van der Waals surface area (Å²) in [6, 6.07) is 7.69. The number of carbonyl (C=O) groups is 2. The van der Waals surface area contributed by atoms with Crippen LogP contribution in [0.3, 0.4) is 0 Å². The molecule has 0 aliphatic heterocycles.